The quantitative estimate of drug-likeness (QED) is 0.496. The predicted octanol–water partition coefficient (Wildman–Crippen LogP) is 5.91. The maximum Gasteiger partial charge on any atom is 0.243 e. The summed E-state index contributed by atoms with van der Waals surface area (Å²) >= 11 is 18.9. The van der Waals surface area contributed by atoms with E-state index < -0.39 is 6.04 Å². The number of hydrogen-bond donors (Lipinski definition) is 1. The molecule has 0 bridgehead atoms. The second kappa shape index (κ2) is 11.6. The molecule has 0 fully saturated rings. The van der Waals surface area contributed by atoms with E-state index in [0.29, 0.717) is 27.1 Å². The average molecular weight is 470 g/mol. The van der Waals surface area contributed by atoms with Crippen LogP contribution in [-0.2, 0) is 22.6 Å². The van der Waals surface area contributed by atoms with Gasteiger partial charge in [-0.15, -0.1) is 0 Å². The Morgan fingerprint density at radius 3 is 2.10 bits per heavy atom. The highest BCUT2D eigenvalue weighted by atomic mass is 35.5. The maximum atomic E-state index is 13.4. The lowest BCUT2D eigenvalue weighted by molar-refractivity contribution is -0.141. The summed E-state index contributed by atoms with van der Waals surface area (Å²) in [4.78, 5) is 27.9. The topological polar surface area (TPSA) is 49.4 Å². The molecule has 0 spiro atoms. The number of amides is 2. The van der Waals surface area contributed by atoms with Gasteiger partial charge < -0.3 is 10.2 Å². The van der Waals surface area contributed by atoms with Gasteiger partial charge in [0.05, 0.1) is 6.42 Å². The SMILES string of the molecule is CC[C@@H](C)NC(=O)[C@H](CC)N(Cc1ccccc1Cl)C(=O)Cc1c(Cl)cccc1Cl. The number of carbonyl (C=O) groups is 2. The largest absolute Gasteiger partial charge is 0.352 e. The Morgan fingerprint density at radius 2 is 1.53 bits per heavy atom. The van der Waals surface area contributed by atoms with Crippen molar-refractivity contribution < 1.29 is 9.59 Å². The summed E-state index contributed by atoms with van der Waals surface area (Å²) in [5.74, 6) is -0.423. The third kappa shape index (κ3) is 6.37. The Balaban J connectivity index is 2.37. The van der Waals surface area contributed by atoms with Gasteiger partial charge in [0.25, 0.3) is 0 Å². The molecule has 0 aromatic heterocycles. The minimum Gasteiger partial charge on any atom is -0.352 e. The van der Waals surface area contributed by atoms with E-state index in [0.717, 1.165) is 12.0 Å². The fraction of sp³-hybridized carbons (Fsp3) is 0.391. The van der Waals surface area contributed by atoms with E-state index in [4.69, 9.17) is 34.8 Å². The summed E-state index contributed by atoms with van der Waals surface area (Å²) in [5.41, 5.74) is 1.32. The van der Waals surface area contributed by atoms with E-state index in [-0.39, 0.29) is 30.8 Å². The van der Waals surface area contributed by atoms with Crippen molar-refractivity contribution in [3.8, 4) is 0 Å². The Hall–Kier alpha value is -1.75. The number of benzene rings is 2. The molecule has 0 heterocycles. The molecule has 0 saturated carbocycles. The van der Waals surface area contributed by atoms with Crippen LogP contribution in [0.15, 0.2) is 42.5 Å². The first kappa shape index (κ1) is 24.5. The maximum absolute atomic E-state index is 13.4. The molecule has 30 heavy (non-hydrogen) atoms. The fourth-order valence-electron chi connectivity index (χ4n) is 3.12. The van der Waals surface area contributed by atoms with Gasteiger partial charge in [0.2, 0.25) is 11.8 Å². The smallest absolute Gasteiger partial charge is 0.243 e. The minimum absolute atomic E-state index is 0.00390. The highest BCUT2D eigenvalue weighted by Gasteiger charge is 2.30. The normalized spacial score (nSPS) is 12.9. The Labute approximate surface area is 193 Å². The van der Waals surface area contributed by atoms with Gasteiger partial charge in [0.15, 0.2) is 0 Å². The standard InChI is InChI=1S/C23H27Cl3N2O2/c1-4-15(3)27-23(30)21(5-2)28(14-16-9-6-7-10-18(16)24)22(29)13-17-19(25)11-8-12-20(17)26/h6-12,15,21H,4-5,13-14H2,1-3H3,(H,27,30)/t15-,21+/m1/s1. The molecule has 162 valence electrons. The van der Waals surface area contributed by atoms with Crippen LogP contribution in [0.3, 0.4) is 0 Å². The molecule has 2 amide bonds. The molecule has 4 nitrogen and oxygen atoms in total. The van der Waals surface area contributed by atoms with Gasteiger partial charge in [0, 0.05) is 27.7 Å². The first-order chi connectivity index (χ1) is 14.3. The van der Waals surface area contributed by atoms with Gasteiger partial charge in [-0.25, -0.2) is 0 Å². The van der Waals surface area contributed by atoms with Crippen LogP contribution in [0.4, 0.5) is 0 Å². The fourth-order valence-corrected chi connectivity index (χ4v) is 3.85. The molecule has 2 rings (SSSR count). The molecular weight excluding hydrogens is 443 g/mol. The van der Waals surface area contributed by atoms with Crippen molar-refractivity contribution in [3.63, 3.8) is 0 Å². The first-order valence-electron chi connectivity index (χ1n) is 10.0. The summed E-state index contributed by atoms with van der Waals surface area (Å²) in [6.07, 6.45) is 1.26. The van der Waals surface area contributed by atoms with Gasteiger partial charge in [0.1, 0.15) is 6.04 Å². The molecule has 2 aromatic carbocycles. The summed E-state index contributed by atoms with van der Waals surface area (Å²) < 4.78 is 0. The summed E-state index contributed by atoms with van der Waals surface area (Å²) in [5, 5.41) is 4.37. The van der Waals surface area contributed by atoms with Crippen molar-refractivity contribution in [1.82, 2.24) is 10.2 Å². The minimum atomic E-state index is -0.635. The third-order valence-corrected chi connectivity index (χ3v) is 6.15. The zero-order valence-corrected chi connectivity index (χ0v) is 19.7. The third-order valence-electron chi connectivity index (χ3n) is 5.08. The van der Waals surface area contributed by atoms with Crippen LogP contribution >= 0.6 is 34.8 Å². The predicted molar refractivity (Wildman–Crippen MR) is 124 cm³/mol. The zero-order valence-electron chi connectivity index (χ0n) is 17.4. The second-order valence-corrected chi connectivity index (χ2v) is 8.45. The number of nitrogens with one attached hydrogen (secondary N) is 1. The first-order valence-corrected chi connectivity index (χ1v) is 11.2. The Bertz CT molecular complexity index is 868. The average Bonchev–Trinajstić information content (AvgIpc) is 2.71. The molecule has 2 aromatic rings. The molecule has 0 unspecified atom stereocenters. The lowest BCUT2D eigenvalue weighted by atomic mass is 10.1. The van der Waals surface area contributed by atoms with E-state index in [9.17, 15) is 9.59 Å². The number of carbonyl (C=O) groups excluding carboxylic acids is 2. The Kier molecular flexibility index (Phi) is 9.47. The molecule has 0 saturated heterocycles. The molecule has 0 aliphatic heterocycles. The van der Waals surface area contributed by atoms with Crippen LogP contribution in [0.25, 0.3) is 0 Å². The highest BCUT2D eigenvalue weighted by Crippen LogP contribution is 2.27. The number of nitrogens with zero attached hydrogens (tertiary/aromatic N) is 1. The molecular formula is C23H27Cl3N2O2. The van der Waals surface area contributed by atoms with Crippen molar-refractivity contribution in [2.24, 2.45) is 0 Å². The second-order valence-electron chi connectivity index (χ2n) is 7.23. The molecule has 7 heteroatoms. The lowest BCUT2D eigenvalue weighted by Gasteiger charge is -2.32. The number of hydrogen-bond acceptors (Lipinski definition) is 2. The van der Waals surface area contributed by atoms with Crippen LogP contribution in [0, 0.1) is 0 Å². The van der Waals surface area contributed by atoms with E-state index in [1.54, 1.807) is 29.2 Å². The van der Waals surface area contributed by atoms with Crippen LogP contribution in [-0.4, -0.2) is 28.8 Å². The van der Waals surface area contributed by atoms with Crippen molar-refractivity contribution in [2.45, 2.75) is 58.7 Å². The Morgan fingerprint density at radius 1 is 0.933 bits per heavy atom. The van der Waals surface area contributed by atoms with E-state index in [1.807, 2.05) is 39.0 Å². The van der Waals surface area contributed by atoms with Gasteiger partial charge in [-0.1, -0.05) is 72.9 Å². The number of rotatable bonds is 9. The van der Waals surface area contributed by atoms with Crippen molar-refractivity contribution >= 4 is 46.6 Å². The van der Waals surface area contributed by atoms with Gasteiger partial charge in [-0.2, -0.15) is 0 Å². The van der Waals surface area contributed by atoms with Gasteiger partial charge in [-0.05, 0) is 49.1 Å². The number of halogens is 3. The van der Waals surface area contributed by atoms with E-state index in [2.05, 4.69) is 5.32 Å². The van der Waals surface area contributed by atoms with E-state index >= 15 is 0 Å². The molecule has 1 N–H and O–H groups in total. The van der Waals surface area contributed by atoms with Crippen LogP contribution in [0.1, 0.15) is 44.7 Å². The lowest BCUT2D eigenvalue weighted by Crippen LogP contribution is -2.51. The highest BCUT2D eigenvalue weighted by molar-refractivity contribution is 6.36. The monoisotopic (exact) mass is 468 g/mol. The molecule has 0 aliphatic carbocycles. The van der Waals surface area contributed by atoms with Crippen LogP contribution in [0.2, 0.25) is 15.1 Å². The summed E-state index contributed by atoms with van der Waals surface area (Å²) in [6, 6.07) is 11.8. The van der Waals surface area contributed by atoms with Gasteiger partial charge in [-0.3, -0.25) is 9.59 Å². The summed E-state index contributed by atoms with van der Waals surface area (Å²) in [7, 11) is 0. The zero-order chi connectivity index (χ0) is 22.3. The molecule has 0 aliphatic rings. The molecule has 2 atom stereocenters. The van der Waals surface area contributed by atoms with Crippen LogP contribution < -0.4 is 5.32 Å². The van der Waals surface area contributed by atoms with Crippen molar-refractivity contribution in [2.75, 3.05) is 0 Å². The summed E-state index contributed by atoms with van der Waals surface area (Å²) in [6.45, 7) is 6.04. The van der Waals surface area contributed by atoms with Gasteiger partial charge >= 0.3 is 0 Å². The van der Waals surface area contributed by atoms with E-state index in [1.165, 1.54) is 0 Å². The van der Waals surface area contributed by atoms with Crippen LogP contribution in [0.5, 0.6) is 0 Å². The van der Waals surface area contributed by atoms with Crippen molar-refractivity contribution in [1.29, 1.82) is 0 Å². The molecule has 0 radical (unpaired) electrons. The van der Waals surface area contributed by atoms with Crippen molar-refractivity contribution in [3.05, 3.63) is 68.7 Å².